The van der Waals surface area contributed by atoms with Crippen molar-refractivity contribution in [3.8, 4) is 5.75 Å². The molecule has 0 saturated carbocycles. The largest absolute Gasteiger partial charge is 0.487 e. The van der Waals surface area contributed by atoms with Crippen LogP contribution >= 0.6 is 11.3 Å². The van der Waals surface area contributed by atoms with Crippen LogP contribution in [0.1, 0.15) is 26.0 Å². The molecule has 0 aliphatic carbocycles. The monoisotopic (exact) mass is 331 g/mol. The van der Waals surface area contributed by atoms with Crippen LogP contribution in [0.25, 0.3) is 0 Å². The van der Waals surface area contributed by atoms with Gasteiger partial charge in [-0.15, -0.1) is 11.3 Å². The van der Waals surface area contributed by atoms with E-state index in [4.69, 9.17) is 4.74 Å². The number of thiazole rings is 1. The number of nitrogens with one attached hydrogen (secondary N) is 1. The van der Waals surface area contributed by atoms with Crippen molar-refractivity contribution < 1.29 is 4.74 Å². The molecule has 23 heavy (non-hydrogen) atoms. The summed E-state index contributed by atoms with van der Waals surface area (Å²) in [5.41, 5.74) is 3.94. The minimum absolute atomic E-state index is 0.509. The van der Waals surface area contributed by atoms with E-state index < -0.39 is 0 Å². The average molecular weight is 331 g/mol. The van der Waals surface area contributed by atoms with Gasteiger partial charge in [-0.2, -0.15) is 0 Å². The number of hydrogen-bond donors (Lipinski definition) is 1. The van der Waals surface area contributed by atoms with Crippen LogP contribution in [0.3, 0.4) is 0 Å². The van der Waals surface area contributed by atoms with Crippen LogP contribution in [0.5, 0.6) is 5.75 Å². The Balaban J connectivity index is 1.61. The lowest BCUT2D eigenvalue weighted by Gasteiger charge is -2.40. The van der Waals surface area contributed by atoms with E-state index in [1.807, 2.05) is 23.0 Å². The summed E-state index contributed by atoms with van der Waals surface area (Å²) >= 11 is 1.59. The molecule has 1 aliphatic rings. The molecule has 0 unspecified atom stereocenters. The molecule has 4 nitrogen and oxygen atoms in total. The van der Waals surface area contributed by atoms with E-state index in [1.165, 1.54) is 6.42 Å². The molecule has 3 atom stereocenters. The van der Waals surface area contributed by atoms with Crippen molar-refractivity contribution in [2.75, 3.05) is 18.9 Å². The van der Waals surface area contributed by atoms with Crippen molar-refractivity contribution >= 4 is 17.0 Å². The highest BCUT2D eigenvalue weighted by Crippen LogP contribution is 2.26. The summed E-state index contributed by atoms with van der Waals surface area (Å²) in [5.74, 6) is 1.52. The number of nitrogens with zero attached hydrogens (tertiary/aromatic N) is 2. The van der Waals surface area contributed by atoms with Gasteiger partial charge in [-0.3, -0.25) is 0 Å². The Morgan fingerprint density at radius 3 is 3.04 bits per heavy atom. The van der Waals surface area contributed by atoms with Gasteiger partial charge in [0.1, 0.15) is 12.4 Å². The molecule has 3 rings (SSSR count). The maximum absolute atomic E-state index is 5.84. The van der Waals surface area contributed by atoms with Gasteiger partial charge < -0.3 is 15.0 Å². The molecule has 1 fully saturated rings. The van der Waals surface area contributed by atoms with Crippen LogP contribution < -0.4 is 10.1 Å². The van der Waals surface area contributed by atoms with Gasteiger partial charge in [0.25, 0.3) is 0 Å². The molecular weight excluding hydrogens is 306 g/mol. The Morgan fingerprint density at radius 2 is 2.26 bits per heavy atom. The van der Waals surface area contributed by atoms with Gasteiger partial charge in [0.05, 0.1) is 11.2 Å². The third-order valence-electron chi connectivity index (χ3n) is 4.67. The standard InChI is InChI=1S/C18H25N3OS/c1-13-9-21(3)14(2)7-18(13)20-15-5-4-6-17(8-15)22-10-16-11-23-12-19-16/h4-6,8,11-14,18,20H,7,9-10H2,1-3H3/t13-,14+,18-/m1/s1. The van der Waals surface area contributed by atoms with E-state index in [-0.39, 0.29) is 0 Å². The molecule has 2 heterocycles. The quantitative estimate of drug-likeness (QED) is 0.903. The topological polar surface area (TPSA) is 37.4 Å². The van der Waals surface area contributed by atoms with E-state index in [0.717, 1.165) is 23.7 Å². The SMILES string of the molecule is C[C@@H]1CN(C)[C@@H](C)C[C@H]1Nc1cccc(OCc2cscn2)c1. The Labute approximate surface area is 142 Å². The molecule has 0 spiro atoms. The zero-order chi connectivity index (χ0) is 16.2. The molecule has 1 aliphatic heterocycles. The summed E-state index contributed by atoms with van der Waals surface area (Å²) in [6.07, 6.45) is 1.17. The third kappa shape index (κ3) is 4.24. The number of benzene rings is 1. The minimum atomic E-state index is 0.509. The Morgan fingerprint density at radius 1 is 1.39 bits per heavy atom. The fraction of sp³-hybridized carbons (Fsp3) is 0.500. The number of piperidine rings is 1. The molecule has 1 aromatic heterocycles. The lowest BCUT2D eigenvalue weighted by Crippen LogP contribution is -2.48. The van der Waals surface area contributed by atoms with Gasteiger partial charge in [0.15, 0.2) is 0 Å². The van der Waals surface area contributed by atoms with Crippen molar-refractivity contribution in [3.05, 3.63) is 40.8 Å². The van der Waals surface area contributed by atoms with Crippen molar-refractivity contribution in [2.45, 2.75) is 39.0 Å². The highest BCUT2D eigenvalue weighted by molar-refractivity contribution is 7.07. The van der Waals surface area contributed by atoms with Gasteiger partial charge in [-0.25, -0.2) is 4.98 Å². The highest BCUT2D eigenvalue weighted by atomic mass is 32.1. The second-order valence-corrected chi connectivity index (χ2v) is 7.27. The zero-order valence-corrected chi connectivity index (χ0v) is 14.8. The molecule has 0 radical (unpaired) electrons. The van der Waals surface area contributed by atoms with Gasteiger partial charge in [-0.05, 0) is 38.4 Å². The fourth-order valence-electron chi connectivity index (χ4n) is 3.10. The van der Waals surface area contributed by atoms with E-state index in [2.05, 4.69) is 48.2 Å². The smallest absolute Gasteiger partial charge is 0.131 e. The van der Waals surface area contributed by atoms with Crippen LogP contribution in [0.15, 0.2) is 35.2 Å². The van der Waals surface area contributed by atoms with Gasteiger partial charge in [0.2, 0.25) is 0 Å². The molecule has 1 saturated heterocycles. The molecular formula is C18H25N3OS. The summed E-state index contributed by atoms with van der Waals surface area (Å²) in [4.78, 5) is 6.69. The van der Waals surface area contributed by atoms with E-state index in [0.29, 0.717) is 24.6 Å². The van der Waals surface area contributed by atoms with Crippen LogP contribution in [0.2, 0.25) is 0 Å². The van der Waals surface area contributed by atoms with E-state index in [1.54, 1.807) is 11.3 Å². The first-order chi connectivity index (χ1) is 11.1. The number of anilines is 1. The first kappa shape index (κ1) is 16.3. The van der Waals surface area contributed by atoms with Crippen molar-refractivity contribution in [1.29, 1.82) is 0 Å². The van der Waals surface area contributed by atoms with Gasteiger partial charge >= 0.3 is 0 Å². The Hall–Kier alpha value is -1.59. The second kappa shape index (κ2) is 7.32. The van der Waals surface area contributed by atoms with Crippen LogP contribution in [0, 0.1) is 5.92 Å². The van der Waals surface area contributed by atoms with E-state index in [9.17, 15) is 0 Å². The lowest BCUT2D eigenvalue weighted by atomic mass is 9.89. The van der Waals surface area contributed by atoms with Crippen molar-refractivity contribution in [1.82, 2.24) is 9.88 Å². The molecule has 1 N–H and O–H groups in total. The number of ether oxygens (including phenoxy) is 1. The fourth-order valence-corrected chi connectivity index (χ4v) is 3.64. The summed E-state index contributed by atoms with van der Waals surface area (Å²) in [6.45, 7) is 6.28. The molecule has 2 aromatic rings. The van der Waals surface area contributed by atoms with Crippen LogP contribution in [-0.2, 0) is 6.61 Å². The zero-order valence-electron chi connectivity index (χ0n) is 14.0. The number of aromatic nitrogens is 1. The number of hydrogen-bond acceptors (Lipinski definition) is 5. The average Bonchev–Trinajstić information content (AvgIpc) is 3.04. The lowest BCUT2D eigenvalue weighted by molar-refractivity contribution is 0.145. The maximum Gasteiger partial charge on any atom is 0.131 e. The first-order valence-electron chi connectivity index (χ1n) is 8.18. The normalized spacial score (nSPS) is 25.3. The highest BCUT2D eigenvalue weighted by Gasteiger charge is 2.28. The number of rotatable bonds is 5. The van der Waals surface area contributed by atoms with Crippen LogP contribution in [0.4, 0.5) is 5.69 Å². The molecule has 0 bridgehead atoms. The summed E-state index contributed by atoms with van der Waals surface area (Å²) in [5, 5.41) is 5.71. The van der Waals surface area contributed by atoms with Crippen molar-refractivity contribution in [2.24, 2.45) is 5.92 Å². The minimum Gasteiger partial charge on any atom is -0.487 e. The molecule has 0 amide bonds. The van der Waals surface area contributed by atoms with Crippen LogP contribution in [-0.4, -0.2) is 35.6 Å². The second-order valence-electron chi connectivity index (χ2n) is 6.55. The maximum atomic E-state index is 5.84. The summed E-state index contributed by atoms with van der Waals surface area (Å²) < 4.78 is 5.84. The van der Waals surface area contributed by atoms with Gasteiger partial charge in [0, 0.05) is 35.8 Å². The molecule has 124 valence electrons. The Bertz CT molecular complexity index is 616. The van der Waals surface area contributed by atoms with Gasteiger partial charge in [-0.1, -0.05) is 13.0 Å². The third-order valence-corrected chi connectivity index (χ3v) is 5.30. The summed E-state index contributed by atoms with van der Waals surface area (Å²) in [6, 6.07) is 9.37. The summed E-state index contributed by atoms with van der Waals surface area (Å²) in [7, 11) is 2.21. The Kier molecular flexibility index (Phi) is 5.18. The van der Waals surface area contributed by atoms with Crippen molar-refractivity contribution in [3.63, 3.8) is 0 Å². The predicted octanol–water partition coefficient (Wildman–Crippen LogP) is 3.86. The van der Waals surface area contributed by atoms with E-state index >= 15 is 0 Å². The number of likely N-dealkylation sites (tertiary alicyclic amines) is 1. The first-order valence-corrected chi connectivity index (χ1v) is 9.13. The molecule has 5 heteroatoms. The molecule has 1 aromatic carbocycles. The predicted molar refractivity (Wildman–Crippen MR) is 96.2 cm³/mol.